The van der Waals surface area contributed by atoms with Crippen LogP contribution in [0.1, 0.15) is 10.4 Å². The van der Waals surface area contributed by atoms with Gasteiger partial charge >= 0.3 is 0 Å². The van der Waals surface area contributed by atoms with Crippen LogP contribution in [-0.4, -0.2) is 30.5 Å². The summed E-state index contributed by atoms with van der Waals surface area (Å²) in [6, 6.07) is 17.2. The van der Waals surface area contributed by atoms with Gasteiger partial charge in [-0.1, -0.05) is 30.3 Å². The molecule has 0 aliphatic rings. The number of hydrogen-bond acceptors (Lipinski definition) is 4. The highest BCUT2D eigenvalue weighted by molar-refractivity contribution is 6.08. The number of benzene rings is 2. The van der Waals surface area contributed by atoms with Gasteiger partial charge in [-0.2, -0.15) is 10.2 Å². The molecule has 1 amide bonds. The van der Waals surface area contributed by atoms with Crippen molar-refractivity contribution in [1.82, 2.24) is 24.5 Å². The second kappa shape index (κ2) is 6.87. The second-order valence-corrected chi connectivity index (χ2v) is 6.17. The number of nitrogens with one attached hydrogen (secondary N) is 1. The Bertz CT molecular complexity index is 1080. The Morgan fingerprint density at radius 1 is 0.963 bits per heavy atom. The molecule has 27 heavy (non-hydrogen) atoms. The minimum absolute atomic E-state index is 0.203. The molecule has 7 heteroatoms. The van der Waals surface area contributed by atoms with Gasteiger partial charge in [0.15, 0.2) is 5.82 Å². The molecular formula is C20H18N6O. The van der Waals surface area contributed by atoms with Crippen molar-refractivity contribution in [2.75, 3.05) is 5.32 Å². The van der Waals surface area contributed by atoms with E-state index < -0.39 is 0 Å². The summed E-state index contributed by atoms with van der Waals surface area (Å²) in [6.45, 7) is 0. The Morgan fingerprint density at radius 2 is 1.70 bits per heavy atom. The summed E-state index contributed by atoms with van der Waals surface area (Å²) >= 11 is 0. The highest BCUT2D eigenvalue weighted by Gasteiger charge is 2.17. The summed E-state index contributed by atoms with van der Waals surface area (Å²) < 4.78 is 3.36. The third-order valence-electron chi connectivity index (χ3n) is 4.23. The summed E-state index contributed by atoms with van der Waals surface area (Å²) in [5, 5.41) is 11.5. The smallest absolute Gasteiger partial charge is 0.259 e. The number of carbonyl (C=O) groups is 1. The fourth-order valence-corrected chi connectivity index (χ4v) is 2.91. The van der Waals surface area contributed by atoms with Crippen LogP contribution in [0.5, 0.6) is 0 Å². The van der Waals surface area contributed by atoms with Crippen LogP contribution < -0.4 is 5.32 Å². The minimum Gasteiger partial charge on any atom is -0.322 e. The number of hydrogen-bond donors (Lipinski definition) is 1. The van der Waals surface area contributed by atoms with Crippen LogP contribution in [0, 0.1) is 0 Å². The first-order valence-electron chi connectivity index (χ1n) is 8.46. The maximum Gasteiger partial charge on any atom is 0.259 e. The zero-order valence-corrected chi connectivity index (χ0v) is 15.0. The van der Waals surface area contributed by atoms with Crippen LogP contribution in [0.25, 0.3) is 22.6 Å². The number of carbonyl (C=O) groups excluding carboxylic acids is 1. The van der Waals surface area contributed by atoms with E-state index in [0.717, 1.165) is 16.8 Å². The third-order valence-corrected chi connectivity index (χ3v) is 4.23. The molecule has 0 unspecified atom stereocenters. The van der Waals surface area contributed by atoms with E-state index in [1.807, 2.05) is 68.7 Å². The quantitative estimate of drug-likeness (QED) is 0.608. The van der Waals surface area contributed by atoms with Gasteiger partial charge in [-0.15, -0.1) is 0 Å². The van der Waals surface area contributed by atoms with E-state index in [9.17, 15) is 4.79 Å². The normalized spacial score (nSPS) is 10.7. The van der Waals surface area contributed by atoms with E-state index in [1.165, 1.54) is 0 Å². The van der Waals surface area contributed by atoms with Crippen molar-refractivity contribution in [3.8, 4) is 22.6 Å². The summed E-state index contributed by atoms with van der Waals surface area (Å²) in [5.74, 6) is 0.444. The molecule has 4 aromatic rings. The molecule has 0 bridgehead atoms. The topological polar surface area (TPSA) is 77.6 Å². The summed E-state index contributed by atoms with van der Waals surface area (Å²) in [6.07, 6.45) is 3.24. The summed E-state index contributed by atoms with van der Waals surface area (Å²) in [5.41, 5.74) is 3.84. The molecule has 0 aliphatic carbocycles. The molecule has 2 aromatic carbocycles. The average Bonchev–Trinajstić information content (AvgIpc) is 3.29. The fourth-order valence-electron chi connectivity index (χ4n) is 2.91. The Morgan fingerprint density at radius 3 is 2.37 bits per heavy atom. The monoisotopic (exact) mass is 358 g/mol. The highest BCUT2D eigenvalue weighted by atomic mass is 16.1. The maximum atomic E-state index is 12.8. The van der Waals surface area contributed by atoms with Crippen LogP contribution in [-0.2, 0) is 14.1 Å². The lowest BCUT2D eigenvalue weighted by Crippen LogP contribution is -2.12. The number of rotatable bonds is 4. The van der Waals surface area contributed by atoms with Crippen molar-refractivity contribution in [2.24, 2.45) is 14.1 Å². The van der Waals surface area contributed by atoms with E-state index in [4.69, 9.17) is 0 Å². The number of aryl methyl sites for hydroxylation is 2. The van der Waals surface area contributed by atoms with Crippen LogP contribution in [0.2, 0.25) is 0 Å². The van der Waals surface area contributed by atoms with Crippen LogP contribution in [0.4, 0.5) is 5.69 Å². The van der Waals surface area contributed by atoms with Crippen molar-refractivity contribution in [3.63, 3.8) is 0 Å². The highest BCUT2D eigenvalue weighted by Crippen LogP contribution is 2.24. The van der Waals surface area contributed by atoms with Gasteiger partial charge in [-0.25, -0.2) is 4.98 Å². The lowest BCUT2D eigenvalue weighted by Gasteiger charge is -2.08. The Labute approximate surface area is 156 Å². The predicted molar refractivity (Wildman–Crippen MR) is 103 cm³/mol. The maximum absolute atomic E-state index is 12.8. The van der Waals surface area contributed by atoms with Gasteiger partial charge in [-0.3, -0.25) is 14.2 Å². The molecule has 0 aliphatic heterocycles. The number of amides is 1. The lowest BCUT2D eigenvalue weighted by atomic mass is 10.1. The van der Waals surface area contributed by atoms with Gasteiger partial charge in [0.25, 0.3) is 5.91 Å². The molecule has 0 spiro atoms. The molecule has 2 heterocycles. The second-order valence-electron chi connectivity index (χ2n) is 6.17. The SMILES string of the molecule is Cn1cnc(-c2ccc(NC(=O)c3cnn(C)c3-c3ccccc3)cc2)n1. The average molecular weight is 358 g/mol. The Hall–Kier alpha value is -3.74. The van der Waals surface area contributed by atoms with Gasteiger partial charge in [0.2, 0.25) is 0 Å². The fraction of sp³-hybridized carbons (Fsp3) is 0.100. The number of aromatic nitrogens is 5. The third kappa shape index (κ3) is 3.35. The van der Waals surface area contributed by atoms with Crippen molar-refractivity contribution < 1.29 is 4.79 Å². The standard InChI is InChI=1S/C20H18N6O/c1-25-13-21-19(24-25)15-8-10-16(11-9-15)23-20(27)17-12-22-26(2)18(17)14-6-4-3-5-7-14/h3-13H,1-2H3,(H,23,27). The first-order valence-corrected chi connectivity index (χ1v) is 8.46. The van der Waals surface area contributed by atoms with E-state index >= 15 is 0 Å². The van der Waals surface area contributed by atoms with Crippen molar-refractivity contribution in [2.45, 2.75) is 0 Å². The van der Waals surface area contributed by atoms with Gasteiger partial charge in [-0.05, 0) is 24.3 Å². The van der Waals surface area contributed by atoms with Gasteiger partial charge < -0.3 is 5.32 Å². The zero-order chi connectivity index (χ0) is 18.8. The van der Waals surface area contributed by atoms with Gasteiger partial charge in [0.1, 0.15) is 6.33 Å². The van der Waals surface area contributed by atoms with Gasteiger partial charge in [0.05, 0.1) is 17.5 Å². The Kier molecular flexibility index (Phi) is 4.25. The molecule has 2 aromatic heterocycles. The van der Waals surface area contributed by atoms with Crippen molar-refractivity contribution in [3.05, 3.63) is 72.7 Å². The summed E-state index contributed by atoms with van der Waals surface area (Å²) in [7, 11) is 3.65. The van der Waals surface area contributed by atoms with Crippen LogP contribution in [0.15, 0.2) is 67.1 Å². The molecule has 134 valence electrons. The molecule has 0 radical (unpaired) electrons. The van der Waals surface area contributed by atoms with E-state index in [0.29, 0.717) is 17.1 Å². The molecule has 0 atom stereocenters. The van der Waals surface area contributed by atoms with Crippen molar-refractivity contribution >= 4 is 11.6 Å². The summed E-state index contributed by atoms with van der Waals surface area (Å²) in [4.78, 5) is 17.0. The van der Waals surface area contributed by atoms with Crippen LogP contribution in [0.3, 0.4) is 0 Å². The Balaban J connectivity index is 1.57. The predicted octanol–water partition coefficient (Wildman–Crippen LogP) is 3.13. The molecule has 0 saturated carbocycles. The largest absolute Gasteiger partial charge is 0.322 e. The van der Waals surface area contributed by atoms with E-state index in [2.05, 4.69) is 20.5 Å². The minimum atomic E-state index is -0.203. The first kappa shape index (κ1) is 16.7. The molecule has 4 rings (SSSR count). The molecule has 0 saturated heterocycles. The number of nitrogens with zero attached hydrogens (tertiary/aromatic N) is 5. The van der Waals surface area contributed by atoms with Crippen LogP contribution >= 0.6 is 0 Å². The molecule has 1 N–H and O–H groups in total. The lowest BCUT2D eigenvalue weighted by molar-refractivity contribution is 0.102. The van der Waals surface area contributed by atoms with Crippen molar-refractivity contribution in [1.29, 1.82) is 0 Å². The zero-order valence-electron chi connectivity index (χ0n) is 15.0. The molecule has 0 fully saturated rings. The number of anilines is 1. The van der Waals surface area contributed by atoms with E-state index in [-0.39, 0.29) is 5.91 Å². The van der Waals surface area contributed by atoms with E-state index in [1.54, 1.807) is 21.9 Å². The first-order chi connectivity index (χ1) is 13.1. The van der Waals surface area contributed by atoms with Gasteiger partial charge in [0, 0.05) is 30.9 Å². The molecular weight excluding hydrogens is 340 g/mol. The molecule has 7 nitrogen and oxygen atoms in total.